The van der Waals surface area contributed by atoms with Gasteiger partial charge in [-0.25, -0.2) is 0 Å². The first-order valence-electron chi connectivity index (χ1n) is 7.11. The molecule has 1 fully saturated rings. The van der Waals surface area contributed by atoms with E-state index in [2.05, 4.69) is 64.9 Å². The third-order valence-corrected chi connectivity index (χ3v) is 4.66. The van der Waals surface area contributed by atoms with Gasteiger partial charge in [0.1, 0.15) is 0 Å². The molecule has 1 saturated heterocycles. The van der Waals surface area contributed by atoms with Gasteiger partial charge in [-0.05, 0) is 57.0 Å². The van der Waals surface area contributed by atoms with Crippen molar-refractivity contribution in [3.8, 4) is 11.1 Å². The molecule has 2 heterocycles. The van der Waals surface area contributed by atoms with Crippen LogP contribution in [-0.2, 0) is 0 Å². The minimum Gasteiger partial charge on any atom is -0.315 e. The van der Waals surface area contributed by atoms with E-state index < -0.39 is 0 Å². The van der Waals surface area contributed by atoms with Gasteiger partial charge in [0, 0.05) is 22.3 Å². The van der Waals surface area contributed by atoms with Gasteiger partial charge >= 0.3 is 0 Å². The highest BCUT2D eigenvalue weighted by molar-refractivity contribution is 9.10. The first kappa shape index (κ1) is 13.8. The second kappa shape index (κ2) is 5.34. The summed E-state index contributed by atoms with van der Waals surface area (Å²) in [6.07, 6.45) is 1.17. The van der Waals surface area contributed by atoms with Crippen molar-refractivity contribution in [2.45, 2.75) is 33.2 Å². The van der Waals surface area contributed by atoms with E-state index in [1.165, 1.54) is 28.8 Å². The van der Waals surface area contributed by atoms with Gasteiger partial charge in [0.15, 0.2) is 0 Å². The third-order valence-electron chi connectivity index (χ3n) is 4.16. The lowest BCUT2D eigenvalue weighted by Gasteiger charge is -2.12. The minimum atomic E-state index is 0.498. The Balaban J connectivity index is 2.09. The van der Waals surface area contributed by atoms with Crippen molar-refractivity contribution in [2.75, 3.05) is 13.1 Å². The Bertz CT molecular complexity index is 639. The zero-order chi connectivity index (χ0) is 14.3. The van der Waals surface area contributed by atoms with Crippen molar-refractivity contribution in [1.29, 1.82) is 0 Å². The topological polar surface area (TPSA) is 29.9 Å². The van der Waals surface area contributed by atoms with E-state index in [1.54, 1.807) is 0 Å². The fraction of sp³-hybridized carbons (Fsp3) is 0.438. The van der Waals surface area contributed by atoms with E-state index >= 15 is 0 Å². The molecule has 0 radical (unpaired) electrons. The largest absolute Gasteiger partial charge is 0.315 e. The van der Waals surface area contributed by atoms with Crippen LogP contribution in [0.4, 0.5) is 0 Å². The quantitative estimate of drug-likeness (QED) is 0.906. The first-order valence-corrected chi connectivity index (χ1v) is 7.90. The van der Waals surface area contributed by atoms with Crippen molar-refractivity contribution in [1.82, 2.24) is 15.1 Å². The number of aromatic nitrogens is 2. The summed E-state index contributed by atoms with van der Waals surface area (Å²) < 4.78 is 3.34. The summed E-state index contributed by atoms with van der Waals surface area (Å²) in [6.45, 7) is 8.58. The van der Waals surface area contributed by atoms with Crippen molar-refractivity contribution in [2.24, 2.45) is 0 Å². The van der Waals surface area contributed by atoms with Crippen molar-refractivity contribution in [3.05, 3.63) is 39.6 Å². The molecule has 1 aliphatic heterocycles. The van der Waals surface area contributed by atoms with Crippen LogP contribution in [0.3, 0.4) is 0 Å². The minimum absolute atomic E-state index is 0.498. The molecule has 1 aromatic carbocycles. The summed E-state index contributed by atoms with van der Waals surface area (Å²) in [4.78, 5) is 0. The van der Waals surface area contributed by atoms with Gasteiger partial charge < -0.3 is 5.32 Å². The Kier molecular flexibility index (Phi) is 3.69. The van der Waals surface area contributed by atoms with E-state index in [-0.39, 0.29) is 0 Å². The highest BCUT2D eigenvalue weighted by atomic mass is 79.9. The second-order valence-electron chi connectivity index (χ2n) is 5.60. The third kappa shape index (κ3) is 2.31. The van der Waals surface area contributed by atoms with Crippen molar-refractivity contribution < 1.29 is 0 Å². The molecule has 1 N–H and O–H groups in total. The summed E-state index contributed by atoms with van der Waals surface area (Å²) in [5.74, 6) is 0. The Morgan fingerprint density at radius 1 is 1.30 bits per heavy atom. The van der Waals surface area contributed by atoms with Crippen LogP contribution in [0, 0.1) is 20.8 Å². The summed E-state index contributed by atoms with van der Waals surface area (Å²) in [5.41, 5.74) is 6.28. The molecule has 3 nitrogen and oxygen atoms in total. The molecule has 1 unspecified atom stereocenters. The molecule has 20 heavy (non-hydrogen) atoms. The van der Waals surface area contributed by atoms with Crippen LogP contribution < -0.4 is 5.32 Å². The van der Waals surface area contributed by atoms with Crippen molar-refractivity contribution in [3.63, 3.8) is 0 Å². The van der Waals surface area contributed by atoms with E-state index in [9.17, 15) is 0 Å². The van der Waals surface area contributed by atoms with E-state index in [0.717, 1.165) is 23.3 Å². The lowest BCUT2D eigenvalue weighted by molar-refractivity contribution is 0.477. The van der Waals surface area contributed by atoms with E-state index in [4.69, 9.17) is 5.10 Å². The molecule has 0 bridgehead atoms. The van der Waals surface area contributed by atoms with Gasteiger partial charge in [0.25, 0.3) is 0 Å². The van der Waals surface area contributed by atoms with Crippen LogP contribution >= 0.6 is 15.9 Å². The van der Waals surface area contributed by atoms with Gasteiger partial charge in [-0.15, -0.1) is 0 Å². The van der Waals surface area contributed by atoms with Crippen LogP contribution in [-0.4, -0.2) is 22.9 Å². The fourth-order valence-electron chi connectivity index (χ4n) is 3.16. The smallest absolute Gasteiger partial charge is 0.0675 e. The number of benzene rings is 1. The van der Waals surface area contributed by atoms with Gasteiger partial charge in [0.05, 0.1) is 11.7 Å². The molecule has 3 rings (SSSR count). The molecular weight excluding hydrogens is 314 g/mol. The summed E-state index contributed by atoms with van der Waals surface area (Å²) in [7, 11) is 0. The first-order chi connectivity index (χ1) is 9.58. The molecular formula is C16H20BrN3. The molecule has 1 atom stereocenters. The lowest BCUT2D eigenvalue weighted by atomic mass is 9.99. The van der Waals surface area contributed by atoms with E-state index in [0.29, 0.717) is 6.04 Å². The lowest BCUT2D eigenvalue weighted by Crippen LogP contribution is -2.15. The molecule has 1 aliphatic rings. The number of aryl methyl sites for hydroxylation is 2. The zero-order valence-corrected chi connectivity index (χ0v) is 13.8. The average molecular weight is 334 g/mol. The SMILES string of the molecule is Cc1cc(Br)ccc1-c1c(C)nn(C2CCNC2)c1C. The van der Waals surface area contributed by atoms with Gasteiger partial charge in [-0.2, -0.15) is 5.10 Å². The fourth-order valence-corrected chi connectivity index (χ4v) is 3.64. The normalized spacial score (nSPS) is 18.7. The Morgan fingerprint density at radius 3 is 2.75 bits per heavy atom. The van der Waals surface area contributed by atoms with Crippen LogP contribution in [0.5, 0.6) is 0 Å². The zero-order valence-electron chi connectivity index (χ0n) is 12.2. The maximum atomic E-state index is 4.80. The number of hydrogen-bond donors (Lipinski definition) is 1. The Morgan fingerprint density at radius 2 is 2.10 bits per heavy atom. The number of halogens is 1. The monoisotopic (exact) mass is 333 g/mol. The van der Waals surface area contributed by atoms with Gasteiger partial charge in [0.2, 0.25) is 0 Å². The Hall–Kier alpha value is -1.13. The molecule has 0 spiro atoms. The van der Waals surface area contributed by atoms with Crippen LogP contribution in [0.25, 0.3) is 11.1 Å². The summed E-state index contributed by atoms with van der Waals surface area (Å²) >= 11 is 3.54. The molecule has 4 heteroatoms. The van der Waals surface area contributed by atoms with E-state index in [1.807, 2.05) is 0 Å². The number of hydrogen-bond acceptors (Lipinski definition) is 2. The predicted molar refractivity (Wildman–Crippen MR) is 86.1 cm³/mol. The average Bonchev–Trinajstić information content (AvgIpc) is 3.00. The maximum Gasteiger partial charge on any atom is 0.0675 e. The molecule has 0 saturated carbocycles. The molecule has 1 aromatic heterocycles. The number of rotatable bonds is 2. The highest BCUT2D eigenvalue weighted by Crippen LogP contribution is 2.33. The maximum absolute atomic E-state index is 4.80. The Labute approximate surface area is 128 Å². The summed E-state index contributed by atoms with van der Waals surface area (Å²) in [6, 6.07) is 6.96. The van der Waals surface area contributed by atoms with Crippen molar-refractivity contribution >= 4 is 15.9 Å². The highest BCUT2D eigenvalue weighted by Gasteiger charge is 2.22. The standard InChI is InChI=1S/C16H20BrN3/c1-10-8-13(17)4-5-15(10)16-11(2)19-20(12(16)3)14-6-7-18-9-14/h4-5,8,14,18H,6-7,9H2,1-3H3. The molecule has 0 aliphatic carbocycles. The second-order valence-corrected chi connectivity index (χ2v) is 6.51. The van der Waals surface area contributed by atoms with Crippen LogP contribution in [0.1, 0.15) is 29.4 Å². The van der Waals surface area contributed by atoms with Gasteiger partial charge in [-0.3, -0.25) is 4.68 Å². The number of nitrogens with one attached hydrogen (secondary N) is 1. The molecule has 106 valence electrons. The van der Waals surface area contributed by atoms with Crippen LogP contribution in [0.2, 0.25) is 0 Å². The number of nitrogens with zero attached hydrogens (tertiary/aromatic N) is 2. The van der Waals surface area contributed by atoms with Crippen LogP contribution in [0.15, 0.2) is 22.7 Å². The van der Waals surface area contributed by atoms with Gasteiger partial charge in [-0.1, -0.05) is 22.0 Å². The summed E-state index contributed by atoms with van der Waals surface area (Å²) in [5, 5.41) is 8.22. The molecule has 0 amide bonds. The molecule has 2 aromatic rings. The predicted octanol–water partition coefficient (Wildman–Crippen LogP) is 3.77.